The van der Waals surface area contributed by atoms with Crippen LogP contribution < -0.4 is 0 Å². The highest BCUT2D eigenvalue weighted by Crippen LogP contribution is 2.35. The van der Waals surface area contributed by atoms with Crippen LogP contribution in [0, 0.1) is 6.92 Å². The number of benzene rings is 1. The number of rotatable bonds is 2. The van der Waals surface area contributed by atoms with Gasteiger partial charge in [-0.25, -0.2) is 4.79 Å². The van der Waals surface area contributed by atoms with Crippen molar-refractivity contribution >= 4 is 5.97 Å². The zero-order valence-corrected chi connectivity index (χ0v) is 11.0. The molecule has 98 valence electrons. The molecule has 0 aliphatic heterocycles. The van der Waals surface area contributed by atoms with E-state index in [0.717, 1.165) is 24.0 Å². The lowest BCUT2D eigenvalue weighted by atomic mass is 9.88. The maximum atomic E-state index is 11.8. The van der Waals surface area contributed by atoms with Gasteiger partial charge in [-0.1, -0.05) is 22.9 Å². The first-order valence-corrected chi connectivity index (χ1v) is 6.46. The smallest absolute Gasteiger partial charge is 0.360 e. The summed E-state index contributed by atoms with van der Waals surface area (Å²) < 4.78 is 10.4. The number of esters is 1. The Hall–Kier alpha value is -2.10. The monoisotopic (exact) mass is 257 g/mol. The molecule has 0 N–H and O–H groups in total. The molecule has 0 amide bonds. The molecule has 1 aromatic heterocycles. The fourth-order valence-electron chi connectivity index (χ4n) is 2.49. The molecule has 1 aliphatic rings. The molecule has 0 unspecified atom stereocenters. The summed E-state index contributed by atoms with van der Waals surface area (Å²) in [7, 11) is 0. The van der Waals surface area contributed by atoms with Crippen LogP contribution in [0.15, 0.2) is 22.7 Å². The minimum absolute atomic E-state index is 0.323. The molecular formula is C15H15NO3. The maximum absolute atomic E-state index is 11.8. The summed E-state index contributed by atoms with van der Waals surface area (Å²) in [6.07, 6.45) is 1.67. The molecule has 0 saturated heterocycles. The molecular weight excluding hydrogens is 242 g/mol. The van der Waals surface area contributed by atoms with E-state index in [1.165, 1.54) is 11.1 Å². The van der Waals surface area contributed by atoms with Gasteiger partial charge in [-0.15, -0.1) is 0 Å². The number of hydrogen-bond donors (Lipinski definition) is 0. The quantitative estimate of drug-likeness (QED) is 0.776. The maximum Gasteiger partial charge on any atom is 0.360 e. The Balaban J connectivity index is 2.09. The fourth-order valence-corrected chi connectivity index (χ4v) is 2.49. The number of ether oxygens (including phenoxy) is 1. The van der Waals surface area contributed by atoms with Crippen LogP contribution in [0.4, 0.5) is 0 Å². The Morgan fingerprint density at radius 3 is 3.05 bits per heavy atom. The second-order valence-corrected chi connectivity index (χ2v) is 4.72. The van der Waals surface area contributed by atoms with Gasteiger partial charge in [0.1, 0.15) is 0 Å². The van der Waals surface area contributed by atoms with E-state index in [1.807, 2.05) is 6.92 Å². The third-order valence-electron chi connectivity index (χ3n) is 3.41. The van der Waals surface area contributed by atoms with Gasteiger partial charge in [-0.2, -0.15) is 0 Å². The molecule has 1 aliphatic carbocycles. The number of hydrogen-bond acceptors (Lipinski definition) is 4. The van der Waals surface area contributed by atoms with Gasteiger partial charge in [0.25, 0.3) is 0 Å². The summed E-state index contributed by atoms with van der Waals surface area (Å²) in [5, 5.41) is 3.90. The van der Waals surface area contributed by atoms with Crippen molar-refractivity contribution < 1.29 is 14.1 Å². The summed E-state index contributed by atoms with van der Waals surface area (Å²) in [6.45, 7) is 4.16. The molecule has 0 spiro atoms. The van der Waals surface area contributed by atoms with Crippen LogP contribution in [0.2, 0.25) is 0 Å². The minimum atomic E-state index is -0.399. The Morgan fingerprint density at radius 1 is 1.42 bits per heavy atom. The zero-order valence-electron chi connectivity index (χ0n) is 11.0. The molecule has 19 heavy (non-hydrogen) atoms. The topological polar surface area (TPSA) is 52.3 Å². The number of fused-ring (bicyclic) bond motifs is 3. The first-order valence-electron chi connectivity index (χ1n) is 6.46. The molecule has 0 radical (unpaired) electrons. The Kier molecular flexibility index (Phi) is 2.85. The van der Waals surface area contributed by atoms with Gasteiger partial charge >= 0.3 is 5.97 Å². The standard InChI is InChI=1S/C15H15NO3/c1-3-18-15(17)13-11-7-6-10-5-4-9(2)8-12(10)14(11)19-16-13/h4-5,8H,3,6-7H2,1-2H3. The van der Waals surface area contributed by atoms with E-state index in [9.17, 15) is 4.79 Å². The number of aryl methyl sites for hydroxylation is 2. The largest absolute Gasteiger partial charge is 0.461 e. The SMILES string of the molecule is CCOC(=O)c1noc2c1CCc1ccc(C)cc1-2. The Morgan fingerprint density at radius 2 is 2.26 bits per heavy atom. The second kappa shape index (κ2) is 4.53. The van der Waals surface area contributed by atoms with Crippen LogP contribution in [-0.4, -0.2) is 17.7 Å². The number of nitrogens with zero attached hydrogens (tertiary/aromatic N) is 1. The summed E-state index contributed by atoms with van der Waals surface area (Å²) in [5.41, 5.74) is 4.65. The number of aromatic nitrogens is 1. The van der Waals surface area contributed by atoms with Crippen molar-refractivity contribution in [2.45, 2.75) is 26.7 Å². The lowest BCUT2D eigenvalue weighted by Gasteiger charge is -2.15. The van der Waals surface area contributed by atoms with Crippen molar-refractivity contribution in [2.75, 3.05) is 6.61 Å². The third-order valence-corrected chi connectivity index (χ3v) is 3.41. The van der Waals surface area contributed by atoms with E-state index in [1.54, 1.807) is 6.92 Å². The van der Waals surface area contributed by atoms with Crippen molar-refractivity contribution in [1.29, 1.82) is 0 Å². The lowest BCUT2D eigenvalue weighted by Crippen LogP contribution is -2.10. The molecule has 1 heterocycles. The van der Waals surface area contributed by atoms with Gasteiger partial charge < -0.3 is 9.26 Å². The van der Waals surface area contributed by atoms with Crippen molar-refractivity contribution in [2.24, 2.45) is 0 Å². The molecule has 4 heteroatoms. The normalized spacial score (nSPS) is 12.7. The van der Waals surface area contributed by atoms with Gasteiger partial charge in [0.15, 0.2) is 11.5 Å². The highest BCUT2D eigenvalue weighted by molar-refractivity contribution is 5.91. The summed E-state index contributed by atoms with van der Waals surface area (Å²) in [6, 6.07) is 6.28. The average Bonchev–Trinajstić information content (AvgIpc) is 2.83. The predicted octanol–water partition coefficient (Wildman–Crippen LogP) is 2.93. The predicted molar refractivity (Wildman–Crippen MR) is 70.0 cm³/mol. The lowest BCUT2D eigenvalue weighted by molar-refractivity contribution is 0.0513. The highest BCUT2D eigenvalue weighted by atomic mass is 16.5. The first kappa shape index (κ1) is 12.0. The van der Waals surface area contributed by atoms with Crippen molar-refractivity contribution in [3.63, 3.8) is 0 Å². The number of carbonyl (C=O) groups excluding carboxylic acids is 1. The number of carbonyl (C=O) groups is 1. The van der Waals surface area contributed by atoms with Gasteiger partial charge in [0, 0.05) is 11.1 Å². The summed E-state index contributed by atoms with van der Waals surface area (Å²) in [5.74, 6) is 0.316. The van der Waals surface area contributed by atoms with Crippen LogP contribution in [0.3, 0.4) is 0 Å². The van der Waals surface area contributed by atoms with Crippen LogP contribution in [0.25, 0.3) is 11.3 Å². The fraction of sp³-hybridized carbons (Fsp3) is 0.333. The van der Waals surface area contributed by atoms with E-state index in [0.29, 0.717) is 18.1 Å². The van der Waals surface area contributed by atoms with Crippen LogP contribution in [-0.2, 0) is 17.6 Å². The molecule has 0 atom stereocenters. The van der Waals surface area contributed by atoms with Crippen molar-refractivity contribution in [3.8, 4) is 11.3 Å². The molecule has 1 aromatic carbocycles. The summed E-state index contributed by atoms with van der Waals surface area (Å²) >= 11 is 0. The zero-order chi connectivity index (χ0) is 13.4. The molecule has 0 fully saturated rings. The van der Waals surface area contributed by atoms with Gasteiger partial charge in [-0.05, 0) is 38.3 Å². The van der Waals surface area contributed by atoms with Gasteiger partial charge in [0.2, 0.25) is 0 Å². The molecule has 0 saturated carbocycles. The Labute approximate surface area is 111 Å². The van der Waals surface area contributed by atoms with Gasteiger partial charge in [-0.3, -0.25) is 0 Å². The van der Waals surface area contributed by atoms with E-state index in [-0.39, 0.29) is 0 Å². The molecule has 4 nitrogen and oxygen atoms in total. The Bertz CT molecular complexity index is 643. The minimum Gasteiger partial charge on any atom is -0.461 e. The van der Waals surface area contributed by atoms with Crippen molar-refractivity contribution in [1.82, 2.24) is 5.16 Å². The van der Waals surface area contributed by atoms with E-state index in [4.69, 9.17) is 9.26 Å². The first-order chi connectivity index (χ1) is 9.20. The van der Waals surface area contributed by atoms with E-state index in [2.05, 4.69) is 23.4 Å². The highest BCUT2D eigenvalue weighted by Gasteiger charge is 2.28. The van der Waals surface area contributed by atoms with Crippen molar-refractivity contribution in [3.05, 3.63) is 40.6 Å². The van der Waals surface area contributed by atoms with E-state index < -0.39 is 5.97 Å². The van der Waals surface area contributed by atoms with Gasteiger partial charge in [0.05, 0.1) is 6.61 Å². The third kappa shape index (κ3) is 1.93. The molecule has 3 rings (SSSR count). The molecule has 2 aromatic rings. The van der Waals surface area contributed by atoms with Crippen LogP contribution in [0.5, 0.6) is 0 Å². The average molecular weight is 257 g/mol. The van der Waals surface area contributed by atoms with Crippen LogP contribution >= 0.6 is 0 Å². The molecule has 0 bridgehead atoms. The second-order valence-electron chi connectivity index (χ2n) is 4.72. The summed E-state index contributed by atoms with van der Waals surface area (Å²) in [4.78, 5) is 11.8. The van der Waals surface area contributed by atoms with Crippen LogP contribution in [0.1, 0.15) is 34.1 Å². The van der Waals surface area contributed by atoms with E-state index >= 15 is 0 Å².